The molecule has 0 saturated carbocycles. The molecule has 0 spiro atoms. The van der Waals surface area contributed by atoms with Crippen molar-refractivity contribution in [3.8, 4) is 0 Å². The fourth-order valence-electron chi connectivity index (χ4n) is 1.62. The zero-order chi connectivity index (χ0) is 17.5. The first-order valence-electron chi connectivity index (χ1n) is 6.93. The number of aliphatic carboxylic acids is 1. The molecule has 1 atom stereocenters. The van der Waals surface area contributed by atoms with Crippen LogP contribution in [0.15, 0.2) is 24.3 Å². The van der Waals surface area contributed by atoms with E-state index in [-0.39, 0.29) is 24.6 Å². The van der Waals surface area contributed by atoms with E-state index in [1.807, 2.05) is 0 Å². The third-order valence-electron chi connectivity index (χ3n) is 3.08. The van der Waals surface area contributed by atoms with E-state index >= 15 is 0 Å². The number of hydrogen-bond acceptors (Lipinski definition) is 6. The van der Waals surface area contributed by atoms with Crippen molar-refractivity contribution in [3.63, 3.8) is 0 Å². The van der Waals surface area contributed by atoms with Crippen molar-refractivity contribution < 1.29 is 24.7 Å². The van der Waals surface area contributed by atoms with Gasteiger partial charge >= 0.3 is 5.97 Å². The van der Waals surface area contributed by atoms with Crippen molar-refractivity contribution >= 4 is 23.3 Å². The predicted molar refractivity (Wildman–Crippen MR) is 82.1 cm³/mol. The molecule has 1 rings (SSSR count). The van der Waals surface area contributed by atoms with Crippen LogP contribution in [0.1, 0.15) is 19.8 Å². The zero-order valence-corrected chi connectivity index (χ0v) is 12.6. The number of benzene rings is 1. The van der Waals surface area contributed by atoms with Gasteiger partial charge in [0.05, 0.1) is 11.5 Å². The van der Waals surface area contributed by atoms with E-state index in [1.54, 1.807) is 12.1 Å². The topological polar surface area (TPSA) is 142 Å². The summed E-state index contributed by atoms with van der Waals surface area (Å²) in [4.78, 5) is 32.2. The third kappa shape index (κ3) is 6.30. The second-order valence-corrected chi connectivity index (χ2v) is 5.19. The Morgan fingerprint density at radius 2 is 1.91 bits per heavy atom. The first-order valence-corrected chi connectivity index (χ1v) is 6.93. The van der Waals surface area contributed by atoms with Gasteiger partial charge in [0.2, 0.25) is 5.91 Å². The number of aliphatic hydroxyl groups is 1. The Balaban J connectivity index is 2.25. The van der Waals surface area contributed by atoms with E-state index in [4.69, 9.17) is 5.11 Å². The lowest BCUT2D eigenvalue weighted by Crippen LogP contribution is -2.46. The predicted octanol–water partition coefficient (Wildman–Crippen LogP) is 0.739. The lowest BCUT2D eigenvalue weighted by molar-refractivity contribution is -0.384. The van der Waals surface area contributed by atoms with Gasteiger partial charge in [-0.2, -0.15) is 0 Å². The number of amides is 1. The van der Waals surface area contributed by atoms with Gasteiger partial charge in [-0.25, -0.2) is 4.79 Å². The second-order valence-electron chi connectivity index (χ2n) is 5.19. The van der Waals surface area contributed by atoms with Crippen LogP contribution in [0.3, 0.4) is 0 Å². The van der Waals surface area contributed by atoms with Crippen molar-refractivity contribution in [3.05, 3.63) is 34.4 Å². The van der Waals surface area contributed by atoms with Gasteiger partial charge in [-0.05, 0) is 25.5 Å². The molecule has 0 aliphatic rings. The minimum Gasteiger partial charge on any atom is -0.479 e. The number of nitro benzene ring substituents is 1. The van der Waals surface area contributed by atoms with Gasteiger partial charge in [0.15, 0.2) is 5.60 Å². The number of carboxylic acids is 1. The van der Waals surface area contributed by atoms with Crippen molar-refractivity contribution in [2.75, 3.05) is 18.4 Å². The number of nitrogens with one attached hydrogen (secondary N) is 2. The highest BCUT2D eigenvalue weighted by atomic mass is 16.6. The lowest BCUT2D eigenvalue weighted by Gasteiger charge is -2.18. The number of carbonyl (C=O) groups is 2. The molecule has 4 N–H and O–H groups in total. The Morgan fingerprint density at radius 1 is 1.30 bits per heavy atom. The summed E-state index contributed by atoms with van der Waals surface area (Å²) in [5.41, 5.74) is -1.29. The summed E-state index contributed by atoms with van der Waals surface area (Å²) in [6, 6.07) is 5.90. The summed E-state index contributed by atoms with van der Waals surface area (Å²) in [5, 5.41) is 34.0. The van der Waals surface area contributed by atoms with E-state index in [9.17, 15) is 24.8 Å². The molecule has 0 heterocycles. The fraction of sp³-hybridized carbons (Fsp3) is 0.429. The molecular weight excluding hydrogens is 306 g/mol. The molecule has 1 aromatic rings. The molecule has 0 aromatic heterocycles. The van der Waals surface area contributed by atoms with Crippen LogP contribution in [0.2, 0.25) is 0 Å². The third-order valence-corrected chi connectivity index (χ3v) is 3.08. The Labute approximate surface area is 132 Å². The molecular formula is C14H19N3O6. The minimum absolute atomic E-state index is 0.000380. The highest BCUT2D eigenvalue weighted by molar-refractivity contribution is 5.80. The van der Waals surface area contributed by atoms with Crippen molar-refractivity contribution in [2.45, 2.75) is 25.4 Å². The van der Waals surface area contributed by atoms with Gasteiger partial charge in [0, 0.05) is 30.8 Å². The summed E-state index contributed by atoms with van der Waals surface area (Å²) in [6.07, 6.45) is 0.647. The molecule has 0 bridgehead atoms. The molecule has 0 saturated heterocycles. The van der Waals surface area contributed by atoms with Crippen molar-refractivity contribution in [2.24, 2.45) is 0 Å². The van der Waals surface area contributed by atoms with Gasteiger partial charge in [-0.3, -0.25) is 14.9 Å². The van der Waals surface area contributed by atoms with Gasteiger partial charge in [-0.15, -0.1) is 0 Å². The van der Waals surface area contributed by atoms with Crippen molar-refractivity contribution in [1.82, 2.24) is 5.32 Å². The summed E-state index contributed by atoms with van der Waals surface area (Å²) in [7, 11) is 0. The maximum Gasteiger partial charge on any atom is 0.337 e. The van der Waals surface area contributed by atoms with Crippen molar-refractivity contribution in [1.29, 1.82) is 0 Å². The molecule has 126 valence electrons. The van der Waals surface area contributed by atoms with Crippen LogP contribution >= 0.6 is 0 Å². The summed E-state index contributed by atoms with van der Waals surface area (Å²) >= 11 is 0. The highest BCUT2D eigenvalue weighted by Crippen LogP contribution is 2.15. The average Bonchev–Trinajstić information content (AvgIpc) is 2.50. The Bertz CT molecular complexity index is 570. The molecule has 9 nitrogen and oxygen atoms in total. The van der Waals surface area contributed by atoms with Crippen LogP contribution in [-0.2, 0) is 9.59 Å². The second kappa shape index (κ2) is 8.08. The minimum atomic E-state index is -1.99. The molecule has 0 aliphatic heterocycles. The van der Waals surface area contributed by atoms with E-state index < -0.39 is 16.5 Å². The van der Waals surface area contributed by atoms with E-state index in [2.05, 4.69) is 10.6 Å². The van der Waals surface area contributed by atoms with E-state index in [1.165, 1.54) is 12.1 Å². The number of carboxylic acid groups (broad SMARTS) is 1. The highest BCUT2D eigenvalue weighted by Gasteiger charge is 2.30. The van der Waals surface area contributed by atoms with Gasteiger partial charge in [-0.1, -0.05) is 0 Å². The molecule has 0 radical (unpaired) electrons. The Kier molecular flexibility index (Phi) is 6.46. The van der Waals surface area contributed by atoms with Crippen LogP contribution in [0.5, 0.6) is 0 Å². The monoisotopic (exact) mass is 325 g/mol. The van der Waals surface area contributed by atoms with Crippen LogP contribution in [0.4, 0.5) is 11.4 Å². The lowest BCUT2D eigenvalue weighted by atomic mass is 10.1. The number of rotatable bonds is 9. The summed E-state index contributed by atoms with van der Waals surface area (Å²) in [6.45, 7) is 1.21. The Hall–Kier alpha value is -2.68. The first kappa shape index (κ1) is 18.4. The quantitative estimate of drug-likeness (QED) is 0.298. The average molecular weight is 325 g/mol. The van der Waals surface area contributed by atoms with Crippen LogP contribution in [0.25, 0.3) is 0 Å². The summed E-state index contributed by atoms with van der Waals surface area (Å²) in [5.74, 6) is -1.77. The van der Waals surface area contributed by atoms with Gasteiger partial charge in [0.25, 0.3) is 5.69 Å². The molecule has 0 aliphatic carbocycles. The smallest absolute Gasteiger partial charge is 0.337 e. The van der Waals surface area contributed by atoms with E-state index in [0.29, 0.717) is 18.7 Å². The maximum absolute atomic E-state index is 11.5. The number of anilines is 1. The number of carbonyl (C=O) groups excluding carboxylic acids is 1. The van der Waals surface area contributed by atoms with E-state index in [0.717, 1.165) is 6.92 Å². The number of nitrogens with zero attached hydrogens (tertiary/aromatic N) is 1. The summed E-state index contributed by atoms with van der Waals surface area (Å²) < 4.78 is 0. The van der Waals surface area contributed by atoms with Crippen LogP contribution in [0, 0.1) is 10.1 Å². The molecule has 1 unspecified atom stereocenters. The first-order chi connectivity index (χ1) is 10.7. The molecule has 9 heteroatoms. The fourth-order valence-corrected chi connectivity index (χ4v) is 1.62. The molecule has 23 heavy (non-hydrogen) atoms. The van der Waals surface area contributed by atoms with Gasteiger partial charge < -0.3 is 20.8 Å². The Morgan fingerprint density at radius 3 is 2.43 bits per heavy atom. The van der Waals surface area contributed by atoms with Crippen LogP contribution in [-0.4, -0.2) is 45.7 Å². The zero-order valence-electron chi connectivity index (χ0n) is 12.6. The number of non-ortho nitro benzene ring substituents is 1. The van der Waals surface area contributed by atoms with Gasteiger partial charge in [0.1, 0.15) is 0 Å². The molecule has 1 aromatic carbocycles. The largest absolute Gasteiger partial charge is 0.479 e. The number of nitro groups is 1. The molecule has 1 amide bonds. The maximum atomic E-state index is 11.5. The molecule has 0 fully saturated rings. The van der Waals surface area contributed by atoms with Crippen LogP contribution < -0.4 is 10.6 Å². The SMILES string of the molecule is CC(O)(CNC(=O)CCCNc1ccc([N+](=O)[O-])cc1)C(=O)O. The standard InChI is InChI=1S/C14H19N3O6/c1-14(21,13(19)20)9-16-12(18)3-2-8-15-10-4-6-11(7-5-10)17(22)23/h4-7,15,21H,2-3,8-9H2,1H3,(H,16,18)(H,19,20). The number of hydrogen-bond donors (Lipinski definition) is 4. The normalized spacial score (nSPS) is 13.0.